The lowest BCUT2D eigenvalue weighted by Gasteiger charge is -2.32. The van der Waals surface area contributed by atoms with Crippen molar-refractivity contribution >= 4 is 132 Å². The number of nitrogens with zero attached hydrogens (tertiary/aromatic N) is 2. The van der Waals surface area contributed by atoms with Gasteiger partial charge in [0.05, 0.1) is 34.1 Å². The summed E-state index contributed by atoms with van der Waals surface area (Å²) in [4.78, 5) is 4.91. The van der Waals surface area contributed by atoms with Crippen LogP contribution < -0.4 is 14.5 Å². The SMILES string of the molecule is Cc1ccc2c(c1N(c1ccc3ccc4c(N(c5c(C)ccc6c5oc5ccccc56)c5c(C)ccc6c5oc5c(C)cccc56)ccc5ccc1c3c54)c1c(C)ccc3c1oc1c(C)cccc13)OC1C=CC=CC21. The molecule has 1 aliphatic heterocycles. The van der Waals surface area contributed by atoms with Crippen LogP contribution in [0.3, 0.4) is 0 Å². The predicted molar refractivity (Wildman–Crippen MR) is 315 cm³/mol. The fourth-order valence-electron chi connectivity index (χ4n) is 13.2. The second kappa shape index (κ2) is 15.6. The number of hydrogen-bond acceptors (Lipinski definition) is 6. The lowest BCUT2D eigenvalue weighted by molar-refractivity contribution is 0.269. The van der Waals surface area contributed by atoms with E-state index in [1.165, 1.54) is 16.3 Å². The first-order chi connectivity index (χ1) is 37.2. The van der Waals surface area contributed by atoms with Crippen molar-refractivity contribution in [1.82, 2.24) is 0 Å². The van der Waals surface area contributed by atoms with Crippen LogP contribution in [0.2, 0.25) is 0 Å². The molecule has 76 heavy (non-hydrogen) atoms. The molecule has 0 spiro atoms. The van der Waals surface area contributed by atoms with Crippen LogP contribution >= 0.6 is 0 Å². The zero-order valence-corrected chi connectivity index (χ0v) is 43.0. The predicted octanol–water partition coefficient (Wildman–Crippen LogP) is 20.0. The maximum Gasteiger partial charge on any atom is 0.159 e. The summed E-state index contributed by atoms with van der Waals surface area (Å²) in [6, 6.07) is 57.6. The first-order valence-electron chi connectivity index (χ1n) is 26.4. The summed E-state index contributed by atoms with van der Waals surface area (Å²) in [7, 11) is 0. The molecule has 11 aromatic carbocycles. The molecule has 0 saturated carbocycles. The van der Waals surface area contributed by atoms with Crippen molar-refractivity contribution in [1.29, 1.82) is 0 Å². The van der Waals surface area contributed by atoms with Crippen molar-refractivity contribution in [2.45, 2.75) is 53.6 Å². The molecule has 2 atom stereocenters. The molecular formula is C70H50N2O4. The van der Waals surface area contributed by atoms with Crippen LogP contribution in [0.5, 0.6) is 5.75 Å². The van der Waals surface area contributed by atoms with E-state index in [1.54, 1.807) is 0 Å². The van der Waals surface area contributed by atoms with E-state index in [4.69, 9.17) is 18.0 Å². The third kappa shape index (κ3) is 5.81. The van der Waals surface area contributed by atoms with Gasteiger partial charge in [-0.2, -0.15) is 0 Å². The van der Waals surface area contributed by atoms with E-state index < -0.39 is 0 Å². The van der Waals surface area contributed by atoms with Crippen LogP contribution in [-0.4, -0.2) is 6.10 Å². The van der Waals surface area contributed by atoms with Crippen LogP contribution in [0.1, 0.15) is 44.9 Å². The van der Waals surface area contributed by atoms with Crippen LogP contribution in [0, 0.1) is 41.5 Å². The van der Waals surface area contributed by atoms with Crippen molar-refractivity contribution in [3.8, 4) is 5.75 Å². The van der Waals surface area contributed by atoms with Crippen molar-refractivity contribution in [3.05, 3.63) is 221 Å². The number of ether oxygens (including phenoxy) is 1. The largest absolute Gasteiger partial charge is 0.483 e. The Morgan fingerprint density at radius 2 is 0.789 bits per heavy atom. The van der Waals surface area contributed by atoms with Crippen molar-refractivity contribution in [3.63, 3.8) is 0 Å². The van der Waals surface area contributed by atoms with Crippen LogP contribution in [-0.2, 0) is 0 Å². The second-order valence-electron chi connectivity index (χ2n) is 21.3. The van der Waals surface area contributed by atoms with Crippen molar-refractivity contribution in [2.75, 3.05) is 9.80 Å². The zero-order valence-electron chi connectivity index (χ0n) is 43.0. The molecule has 14 aromatic rings. The smallest absolute Gasteiger partial charge is 0.159 e. The van der Waals surface area contributed by atoms with Gasteiger partial charge in [-0.15, -0.1) is 0 Å². The average Bonchev–Trinajstić information content (AvgIpc) is 4.34. The summed E-state index contributed by atoms with van der Waals surface area (Å²) in [5, 5.41) is 13.4. The minimum absolute atomic E-state index is 0.0945. The van der Waals surface area contributed by atoms with Gasteiger partial charge in [0.1, 0.15) is 28.6 Å². The minimum Gasteiger partial charge on any atom is -0.483 e. The number of rotatable bonds is 6. The molecule has 0 fully saturated rings. The third-order valence-corrected chi connectivity index (χ3v) is 16.9. The van der Waals surface area contributed by atoms with E-state index in [9.17, 15) is 0 Å². The average molecular weight is 983 g/mol. The van der Waals surface area contributed by atoms with Gasteiger partial charge in [-0.05, 0) is 121 Å². The molecule has 3 aromatic heterocycles. The van der Waals surface area contributed by atoms with Crippen LogP contribution in [0.25, 0.3) is 98.1 Å². The molecule has 1 aliphatic carbocycles. The molecule has 16 rings (SSSR count). The summed E-state index contributed by atoms with van der Waals surface area (Å²) >= 11 is 0. The Bertz CT molecular complexity index is 4910. The summed E-state index contributed by atoms with van der Waals surface area (Å²) in [5.41, 5.74) is 19.0. The maximum absolute atomic E-state index is 7.12. The molecule has 0 N–H and O–H groups in total. The summed E-state index contributed by atoms with van der Waals surface area (Å²) in [5.74, 6) is 1.01. The number of para-hydroxylation sites is 3. The Morgan fingerprint density at radius 3 is 1.38 bits per heavy atom. The first-order valence-corrected chi connectivity index (χ1v) is 26.4. The lowest BCUT2D eigenvalue weighted by Crippen LogP contribution is -2.17. The maximum atomic E-state index is 7.12. The quantitative estimate of drug-likeness (QED) is 0.155. The van der Waals surface area contributed by atoms with Gasteiger partial charge >= 0.3 is 0 Å². The fourth-order valence-corrected chi connectivity index (χ4v) is 13.2. The molecule has 2 aliphatic rings. The van der Waals surface area contributed by atoms with E-state index in [2.05, 4.69) is 227 Å². The second-order valence-corrected chi connectivity index (χ2v) is 21.3. The Kier molecular flexibility index (Phi) is 8.88. The number of hydrogen-bond donors (Lipinski definition) is 0. The Hall–Kier alpha value is -9.26. The normalized spacial score (nSPS) is 15.2. The number of aryl methyl sites for hydroxylation is 6. The fraction of sp³-hybridized carbons (Fsp3) is 0.114. The zero-order chi connectivity index (χ0) is 50.8. The summed E-state index contributed by atoms with van der Waals surface area (Å²) in [6.45, 7) is 13.1. The van der Waals surface area contributed by atoms with Crippen molar-refractivity contribution in [2.24, 2.45) is 0 Å². The van der Waals surface area contributed by atoms with Gasteiger partial charge < -0.3 is 27.8 Å². The first kappa shape index (κ1) is 43.2. The van der Waals surface area contributed by atoms with Crippen molar-refractivity contribution < 1.29 is 18.0 Å². The molecule has 0 amide bonds. The highest BCUT2D eigenvalue weighted by Crippen LogP contribution is 2.57. The Labute approximate surface area is 438 Å². The highest BCUT2D eigenvalue weighted by Gasteiger charge is 2.38. The van der Waals surface area contributed by atoms with E-state index in [0.717, 1.165) is 161 Å². The molecule has 0 radical (unpaired) electrons. The summed E-state index contributed by atoms with van der Waals surface area (Å²) < 4.78 is 28.4. The van der Waals surface area contributed by atoms with Gasteiger partial charge in [0.15, 0.2) is 16.7 Å². The third-order valence-electron chi connectivity index (χ3n) is 16.9. The molecule has 364 valence electrons. The molecule has 6 heteroatoms. The highest BCUT2D eigenvalue weighted by molar-refractivity contribution is 6.29. The van der Waals surface area contributed by atoms with E-state index in [-0.39, 0.29) is 12.0 Å². The van der Waals surface area contributed by atoms with Gasteiger partial charge in [0.25, 0.3) is 0 Å². The Morgan fingerprint density at radius 1 is 0.342 bits per heavy atom. The number of benzene rings is 11. The van der Waals surface area contributed by atoms with Gasteiger partial charge in [0.2, 0.25) is 0 Å². The number of anilines is 6. The highest BCUT2D eigenvalue weighted by atomic mass is 16.5. The molecule has 4 heterocycles. The molecule has 0 bridgehead atoms. The molecule has 0 saturated heterocycles. The molecule has 2 unspecified atom stereocenters. The van der Waals surface area contributed by atoms with Gasteiger partial charge in [0, 0.05) is 54.6 Å². The van der Waals surface area contributed by atoms with E-state index >= 15 is 0 Å². The number of fused-ring (bicyclic) bond motifs is 12. The number of allylic oxidation sites excluding steroid dienone is 2. The van der Waals surface area contributed by atoms with Crippen LogP contribution in [0.15, 0.2) is 195 Å². The standard InChI is InChI=1S/C70H50N2O4/c1-37-21-29-49-45-15-7-9-19-57(45)73-67(49)61(37)71(63-39(3)23-31-51-47-17-11-13-41(5)65(47)75-69(51)63)55-35-27-43-26-34-54-56(36-28-44-25-33-53(55)59(43)60(44)54)72(62-38(2)22-30-50-46-16-8-10-20-58(46)74-68(50)62)64-40(4)24-32-52-48-18-12-14-42(6)66(48)76-70(52)64/h7-36,45,57H,1-6H3. The monoisotopic (exact) mass is 982 g/mol. The van der Waals surface area contributed by atoms with Gasteiger partial charge in [-0.1, -0.05) is 158 Å². The van der Waals surface area contributed by atoms with E-state index in [1.807, 2.05) is 6.07 Å². The summed E-state index contributed by atoms with van der Waals surface area (Å²) in [6.07, 6.45) is 8.62. The number of furan rings is 3. The van der Waals surface area contributed by atoms with Crippen LogP contribution in [0.4, 0.5) is 34.1 Å². The van der Waals surface area contributed by atoms with E-state index in [0.29, 0.717) is 0 Å². The Balaban J connectivity index is 1.01. The molecule has 6 nitrogen and oxygen atoms in total. The van der Waals surface area contributed by atoms with Gasteiger partial charge in [-0.3, -0.25) is 0 Å². The topological polar surface area (TPSA) is 55.1 Å². The van der Waals surface area contributed by atoms with Gasteiger partial charge in [-0.25, -0.2) is 0 Å². The molecular weight excluding hydrogens is 933 g/mol. The minimum atomic E-state index is -0.0945. The lowest BCUT2D eigenvalue weighted by atomic mass is 9.90.